The molecule has 224 valence electrons. The molecular weight excluding hydrogens is 559 g/mol. The summed E-state index contributed by atoms with van der Waals surface area (Å²) in [6.07, 6.45) is 3.39. The Labute approximate surface area is 245 Å². The molecular formula is C30H31FN6O6. The largest absolute Gasteiger partial charge is 0.484 e. The maximum absolute atomic E-state index is 13.3. The third-order valence-electron chi connectivity index (χ3n) is 7.90. The molecule has 0 spiro atoms. The highest BCUT2D eigenvalue weighted by molar-refractivity contribution is 5.94. The van der Waals surface area contributed by atoms with Crippen molar-refractivity contribution < 1.29 is 28.6 Å². The molecule has 0 bridgehead atoms. The summed E-state index contributed by atoms with van der Waals surface area (Å²) in [5, 5.41) is 15.9. The highest BCUT2D eigenvalue weighted by Crippen LogP contribution is 2.25. The van der Waals surface area contributed by atoms with E-state index in [1.54, 1.807) is 34.1 Å². The topological polar surface area (TPSA) is 132 Å². The van der Waals surface area contributed by atoms with Gasteiger partial charge >= 0.3 is 0 Å². The van der Waals surface area contributed by atoms with Crippen LogP contribution in [0.1, 0.15) is 23.2 Å². The fourth-order valence-electron chi connectivity index (χ4n) is 5.36. The predicted molar refractivity (Wildman–Crippen MR) is 153 cm³/mol. The van der Waals surface area contributed by atoms with Crippen LogP contribution >= 0.6 is 0 Å². The van der Waals surface area contributed by atoms with Crippen LogP contribution in [-0.2, 0) is 16.1 Å². The fourth-order valence-corrected chi connectivity index (χ4v) is 5.36. The van der Waals surface area contributed by atoms with Gasteiger partial charge in [-0.1, -0.05) is 0 Å². The van der Waals surface area contributed by atoms with Gasteiger partial charge < -0.3 is 24.4 Å². The van der Waals surface area contributed by atoms with Crippen molar-refractivity contribution in [1.82, 2.24) is 29.1 Å². The molecule has 2 aromatic carbocycles. The van der Waals surface area contributed by atoms with Crippen LogP contribution in [0.15, 0.2) is 65.8 Å². The molecule has 4 aromatic rings. The summed E-state index contributed by atoms with van der Waals surface area (Å²) >= 11 is 0. The maximum atomic E-state index is 13.3. The van der Waals surface area contributed by atoms with Crippen LogP contribution in [0.3, 0.4) is 0 Å². The summed E-state index contributed by atoms with van der Waals surface area (Å²) in [7, 11) is 0. The molecule has 0 atom stereocenters. The first kappa shape index (κ1) is 28.5. The monoisotopic (exact) mass is 590 g/mol. The number of aliphatic hydroxyl groups is 1. The van der Waals surface area contributed by atoms with E-state index in [1.807, 2.05) is 0 Å². The Hall–Kier alpha value is -4.62. The molecule has 2 aliphatic rings. The van der Waals surface area contributed by atoms with Crippen molar-refractivity contribution in [2.24, 2.45) is 0 Å². The highest BCUT2D eigenvalue weighted by atomic mass is 19.1. The summed E-state index contributed by atoms with van der Waals surface area (Å²) in [6.45, 7) is 2.72. The summed E-state index contributed by atoms with van der Waals surface area (Å²) in [5.41, 5.74) is -0.132. The van der Waals surface area contributed by atoms with Gasteiger partial charge in [-0.2, -0.15) is 5.10 Å². The van der Waals surface area contributed by atoms with E-state index in [4.69, 9.17) is 9.47 Å². The van der Waals surface area contributed by atoms with E-state index < -0.39 is 11.4 Å². The Bertz CT molecular complexity index is 1670. The zero-order valence-electron chi connectivity index (χ0n) is 23.4. The van der Waals surface area contributed by atoms with Gasteiger partial charge in [-0.05, 0) is 61.4 Å². The van der Waals surface area contributed by atoms with E-state index in [0.29, 0.717) is 67.4 Å². The lowest BCUT2D eigenvalue weighted by Gasteiger charge is -2.38. The molecule has 0 saturated carbocycles. The molecule has 2 amide bonds. The number of rotatable bonds is 7. The quantitative estimate of drug-likeness (QED) is 0.344. The Morgan fingerprint density at radius 2 is 1.67 bits per heavy atom. The molecule has 4 heterocycles. The second kappa shape index (κ2) is 11.9. The fraction of sp³-hybridized carbons (Fsp3) is 0.367. The SMILES string of the molecule is O=C(COc1ccc(-n2ncc3c(=O)n(CC4(O)CCN(C(=O)c5ccc(F)cc5)CC4)cnc32)cc1)N1CCOCC1. The molecule has 0 aliphatic carbocycles. The van der Waals surface area contributed by atoms with Crippen LogP contribution in [0.25, 0.3) is 16.7 Å². The third kappa shape index (κ3) is 6.13. The van der Waals surface area contributed by atoms with E-state index in [2.05, 4.69) is 10.1 Å². The minimum absolute atomic E-state index is 0.0216. The highest BCUT2D eigenvalue weighted by Gasteiger charge is 2.35. The molecule has 2 aromatic heterocycles. The van der Waals surface area contributed by atoms with Crippen LogP contribution in [0, 0.1) is 5.82 Å². The minimum Gasteiger partial charge on any atom is -0.484 e. The number of amides is 2. The van der Waals surface area contributed by atoms with Gasteiger partial charge in [0, 0.05) is 31.7 Å². The van der Waals surface area contributed by atoms with E-state index in [-0.39, 0.29) is 43.4 Å². The summed E-state index contributed by atoms with van der Waals surface area (Å²) in [6, 6.07) is 12.3. The molecule has 43 heavy (non-hydrogen) atoms. The van der Waals surface area contributed by atoms with E-state index in [1.165, 1.54) is 46.0 Å². The van der Waals surface area contributed by atoms with Crippen LogP contribution in [-0.4, -0.2) is 97.7 Å². The predicted octanol–water partition coefficient (Wildman–Crippen LogP) is 1.63. The van der Waals surface area contributed by atoms with E-state index >= 15 is 0 Å². The second-order valence-corrected chi connectivity index (χ2v) is 10.8. The molecule has 2 aliphatic heterocycles. The molecule has 2 fully saturated rings. The Morgan fingerprint density at radius 1 is 0.977 bits per heavy atom. The van der Waals surface area contributed by atoms with Crippen LogP contribution < -0.4 is 10.3 Å². The number of morpholine rings is 1. The number of fused-ring (bicyclic) bond motifs is 1. The molecule has 13 heteroatoms. The number of carbonyl (C=O) groups is 2. The lowest BCUT2D eigenvalue weighted by molar-refractivity contribution is -0.137. The number of hydrogen-bond acceptors (Lipinski definition) is 8. The summed E-state index contributed by atoms with van der Waals surface area (Å²) in [4.78, 5) is 46.2. The Morgan fingerprint density at radius 3 is 2.37 bits per heavy atom. The van der Waals surface area contributed by atoms with Crippen molar-refractivity contribution >= 4 is 22.8 Å². The number of likely N-dealkylation sites (tertiary alicyclic amines) is 1. The number of aromatic nitrogens is 4. The maximum Gasteiger partial charge on any atom is 0.264 e. The van der Waals surface area contributed by atoms with Crippen LogP contribution in [0.4, 0.5) is 4.39 Å². The van der Waals surface area contributed by atoms with E-state index in [0.717, 1.165) is 0 Å². The Kier molecular flexibility index (Phi) is 7.91. The second-order valence-electron chi connectivity index (χ2n) is 10.8. The summed E-state index contributed by atoms with van der Waals surface area (Å²) < 4.78 is 27.1. The third-order valence-corrected chi connectivity index (χ3v) is 7.90. The number of carbonyl (C=O) groups excluding carboxylic acids is 2. The molecule has 1 N–H and O–H groups in total. The number of benzene rings is 2. The molecule has 0 unspecified atom stereocenters. The van der Waals surface area contributed by atoms with Gasteiger partial charge in [-0.3, -0.25) is 19.0 Å². The van der Waals surface area contributed by atoms with Gasteiger partial charge in [0.2, 0.25) is 0 Å². The number of hydrogen-bond donors (Lipinski definition) is 1. The first-order chi connectivity index (χ1) is 20.8. The standard InChI is InChI=1S/C30H31FN6O6/c31-22-3-1-21(2-4-22)28(39)35-11-9-30(41,10-12-35)19-36-20-32-27-25(29(36)40)17-33-37(27)23-5-7-24(8-6-23)43-18-26(38)34-13-15-42-16-14-34/h1-8,17,20,41H,9-16,18-19H2. The smallest absolute Gasteiger partial charge is 0.264 e. The molecule has 2 saturated heterocycles. The van der Waals surface area contributed by atoms with Crippen molar-refractivity contribution in [2.75, 3.05) is 46.0 Å². The number of ether oxygens (including phenoxy) is 2. The number of halogens is 1. The normalized spacial score (nSPS) is 16.8. The molecule has 0 radical (unpaired) electrons. The van der Waals surface area contributed by atoms with Gasteiger partial charge in [0.25, 0.3) is 17.4 Å². The van der Waals surface area contributed by atoms with Gasteiger partial charge in [0.15, 0.2) is 12.3 Å². The van der Waals surface area contributed by atoms with Crippen molar-refractivity contribution in [1.29, 1.82) is 0 Å². The van der Waals surface area contributed by atoms with E-state index in [9.17, 15) is 23.9 Å². The zero-order valence-corrected chi connectivity index (χ0v) is 23.4. The van der Waals surface area contributed by atoms with Crippen LogP contribution in [0.5, 0.6) is 5.75 Å². The van der Waals surface area contributed by atoms with Crippen molar-refractivity contribution in [3.63, 3.8) is 0 Å². The van der Waals surface area contributed by atoms with Gasteiger partial charge in [-0.15, -0.1) is 0 Å². The first-order valence-electron chi connectivity index (χ1n) is 14.1. The van der Waals surface area contributed by atoms with Crippen molar-refractivity contribution in [2.45, 2.75) is 25.0 Å². The summed E-state index contributed by atoms with van der Waals surface area (Å²) in [5.74, 6) is -0.214. The average molecular weight is 591 g/mol. The van der Waals surface area contributed by atoms with Crippen LogP contribution in [0.2, 0.25) is 0 Å². The molecule has 12 nitrogen and oxygen atoms in total. The average Bonchev–Trinajstić information content (AvgIpc) is 3.47. The lowest BCUT2D eigenvalue weighted by atomic mass is 9.91. The van der Waals surface area contributed by atoms with Crippen molar-refractivity contribution in [3.8, 4) is 11.4 Å². The minimum atomic E-state index is -1.20. The van der Waals surface area contributed by atoms with Gasteiger partial charge in [0.05, 0.1) is 37.2 Å². The number of piperidine rings is 1. The number of nitrogens with zero attached hydrogens (tertiary/aromatic N) is 6. The Balaban J connectivity index is 1.09. The molecule has 6 rings (SSSR count). The zero-order chi connectivity index (χ0) is 30.0. The van der Waals surface area contributed by atoms with Gasteiger partial charge in [-0.25, -0.2) is 14.1 Å². The first-order valence-corrected chi connectivity index (χ1v) is 14.1. The van der Waals surface area contributed by atoms with Gasteiger partial charge in [0.1, 0.15) is 23.3 Å². The van der Waals surface area contributed by atoms with Crippen molar-refractivity contribution in [3.05, 3.63) is 82.8 Å². The lowest BCUT2D eigenvalue weighted by Crippen LogP contribution is -2.49.